The molecule has 0 saturated heterocycles. The lowest BCUT2D eigenvalue weighted by molar-refractivity contribution is 0.102. The Kier molecular flexibility index (Phi) is 3.18. The van der Waals surface area contributed by atoms with Crippen molar-refractivity contribution >= 4 is 11.6 Å². The quantitative estimate of drug-likeness (QED) is 0.810. The third kappa shape index (κ3) is 2.60. The Labute approximate surface area is 102 Å². The van der Waals surface area contributed by atoms with Gasteiger partial charge in [-0.2, -0.15) is 4.39 Å². The third-order valence-corrected chi connectivity index (χ3v) is 2.35. The van der Waals surface area contributed by atoms with Gasteiger partial charge in [-0.1, -0.05) is 0 Å². The van der Waals surface area contributed by atoms with E-state index in [1.165, 1.54) is 35.2 Å². The van der Waals surface area contributed by atoms with Crippen LogP contribution < -0.4 is 10.9 Å². The highest BCUT2D eigenvalue weighted by Crippen LogP contribution is 2.07. The number of aromatic nitrogens is 2. The number of halogens is 1. The van der Waals surface area contributed by atoms with Crippen LogP contribution in [0.5, 0.6) is 0 Å². The molecular formula is C12H10FN3O2. The van der Waals surface area contributed by atoms with E-state index < -0.39 is 11.9 Å². The molecular weight excluding hydrogens is 237 g/mol. The van der Waals surface area contributed by atoms with Crippen LogP contribution in [0.2, 0.25) is 0 Å². The van der Waals surface area contributed by atoms with Gasteiger partial charge in [0, 0.05) is 24.9 Å². The molecule has 0 fully saturated rings. The Morgan fingerprint density at radius 2 is 2.17 bits per heavy atom. The van der Waals surface area contributed by atoms with Gasteiger partial charge in [-0.15, -0.1) is 0 Å². The number of carbonyl (C=O) groups excluding carboxylic acids is 1. The lowest BCUT2D eigenvalue weighted by Crippen LogP contribution is -2.20. The summed E-state index contributed by atoms with van der Waals surface area (Å²) >= 11 is 0. The molecule has 92 valence electrons. The van der Waals surface area contributed by atoms with Crippen LogP contribution in [-0.2, 0) is 7.05 Å². The SMILES string of the molecule is Cn1ccc(C(=O)Nc2ccc(F)nc2)cc1=O. The number of hydrogen-bond donors (Lipinski definition) is 1. The maximum atomic E-state index is 12.6. The molecule has 1 N–H and O–H groups in total. The first-order valence-corrected chi connectivity index (χ1v) is 5.16. The first-order chi connectivity index (χ1) is 8.56. The number of pyridine rings is 2. The predicted octanol–water partition coefficient (Wildman–Crippen LogP) is 1.17. The standard InChI is InChI=1S/C12H10FN3O2/c1-16-5-4-8(6-11(16)17)12(18)15-9-2-3-10(13)14-7-9/h2-7H,1H3,(H,15,18). The van der Waals surface area contributed by atoms with Gasteiger partial charge in [-0.3, -0.25) is 9.59 Å². The second kappa shape index (κ2) is 4.79. The fourth-order valence-corrected chi connectivity index (χ4v) is 1.34. The molecule has 0 saturated carbocycles. The van der Waals surface area contributed by atoms with Gasteiger partial charge >= 0.3 is 0 Å². The smallest absolute Gasteiger partial charge is 0.255 e. The van der Waals surface area contributed by atoms with E-state index in [0.717, 1.165) is 6.07 Å². The summed E-state index contributed by atoms with van der Waals surface area (Å²) < 4.78 is 13.9. The largest absolute Gasteiger partial charge is 0.321 e. The number of carbonyl (C=O) groups is 1. The van der Waals surface area contributed by atoms with Crippen LogP contribution in [0.3, 0.4) is 0 Å². The molecule has 0 atom stereocenters. The van der Waals surface area contributed by atoms with E-state index in [4.69, 9.17) is 0 Å². The molecule has 6 heteroatoms. The maximum Gasteiger partial charge on any atom is 0.255 e. The highest BCUT2D eigenvalue weighted by atomic mass is 19.1. The molecule has 5 nitrogen and oxygen atoms in total. The van der Waals surface area contributed by atoms with Gasteiger partial charge in [0.2, 0.25) is 5.95 Å². The topological polar surface area (TPSA) is 64.0 Å². The summed E-state index contributed by atoms with van der Waals surface area (Å²) in [7, 11) is 1.59. The van der Waals surface area contributed by atoms with Gasteiger partial charge in [0.25, 0.3) is 11.5 Å². The number of nitrogens with zero attached hydrogens (tertiary/aromatic N) is 2. The zero-order chi connectivity index (χ0) is 13.1. The summed E-state index contributed by atoms with van der Waals surface area (Å²) in [6, 6.07) is 5.28. The molecule has 0 bridgehead atoms. The van der Waals surface area contributed by atoms with Crippen molar-refractivity contribution in [2.75, 3.05) is 5.32 Å². The van der Waals surface area contributed by atoms with Gasteiger partial charge in [-0.05, 0) is 18.2 Å². The molecule has 0 aliphatic rings. The van der Waals surface area contributed by atoms with Crippen LogP contribution in [0.1, 0.15) is 10.4 Å². The molecule has 2 heterocycles. The lowest BCUT2D eigenvalue weighted by atomic mass is 10.2. The molecule has 1 amide bonds. The molecule has 18 heavy (non-hydrogen) atoms. The predicted molar refractivity (Wildman–Crippen MR) is 63.8 cm³/mol. The highest BCUT2D eigenvalue weighted by molar-refractivity contribution is 6.04. The first kappa shape index (κ1) is 12.0. The molecule has 0 spiro atoms. The van der Waals surface area contributed by atoms with Crippen molar-refractivity contribution in [2.24, 2.45) is 7.05 Å². The zero-order valence-electron chi connectivity index (χ0n) is 9.55. The van der Waals surface area contributed by atoms with Crippen LogP contribution in [-0.4, -0.2) is 15.5 Å². The molecule has 0 radical (unpaired) electrons. The average Bonchev–Trinajstić information content (AvgIpc) is 2.35. The van der Waals surface area contributed by atoms with Gasteiger partial charge in [0.05, 0.1) is 11.9 Å². The average molecular weight is 247 g/mol. The summed E-state index contributed by atoms with van der Waals surface area (Å²) in [5.74, 6) is -1.07. The Balaban J connectivity index is 2.19. The van der Waals surface area contributed by atoms with Crippen LogP contribution in [0.4, 0.5) is 10.1 Å². The van der Waals surface area contributed by atoms with E-state index in [2.05, 4.69) is 10.3 Å². The first-order valence-electron chi connectivity index (χ1n) is 5.16. The van der Waals surface area contributed by atoms with Crippen molar-refractivity contribution < 1.29 is 9.18 Å². The van der Waals surface area contributed by atoms with Gasteiger partial charge in [0.15, 0.2) is 0 Å². The Morgan fingerprint density at radius 3 is 2.78 bits per heavy atom. The number of aryl methyl sites for hydroxylation is 1. The van der Waals surface area contributed by atoms with Crippen molar-refractivity contribution in [2.45, 2.75) is 0 Å². The second-order valence-electron chi connectivity index (χ2n) is 3.69. The second-order valence-corrected chi connectivity index (χ2v) is 3.69. The summed E-state index contributed by atoms with van der Waals surface area (Å²) in [5.41, 5.74) is 0.324. The molecule has 0 aromatic carbocycles. The Hall–Kier alpha value is -2.50. The van der Waals surface area contributed by atoms with E-state index in [0.29, 0.717) is 5.69 Å². The summed E-state index contributed by atoms with van der Waals surface area (Å²) in [4.78, 5) is 26.6. The van der Waals surface area contributed by atoms with Crippen molar-refractivity contribution in [3.05, 3.63) is 58.5 Å². The van der Waals surface area contributed by atoms with E-state index >= 15 is 0 Å². The van der Waals surface area contributed by atoms with Gasteiger partial charge < -0.3 is 9.88 Å². The molecule has 0 unspecified atom stereocenters. The number of hydrogen-bond acceptors (Lipinski definition) is 3. The minimum absolute atomic E-state index is 0.238. The normalized spacial score (nSPS) is 10.1. The Morgan fingerprint density at radius 1 is 1.39 bits per heavy atom. The molecule has 0 aliphatic carbocycles. The highest BCUT2D eigenvalue weighted by Gasteiger charge is 2.07. The van der Waals surface area contributed by atoms with Crippen molar-refractivity contribution in [3.63, 3.8) is 0 Å². The third-order valence-electron chi connectivity index (χ3n) is 2.35. The van der Waals surface area contributed by atoms with Gasteiger partial charge in [-0.25, -0.2) is 4.98 Å². The van der Waals surface area contributed by atoms with Crippen LogP contribution >= 0.6 is 0 Å². The lowest BCUT2D eigenvalue weighted by Gasteiger charge is -2.05. The van der Waals surface area contributed by atoms with Crippen molar-refractivity contribution in [1.82, 2.24) is 9.55 Å². The van der Waals surface area contributed by atoms with Crippen molar-refractivity contribution in [1.29, 1.82) is 0 Å². The van der Waals surface area contributed by atoms with Crippen LogP contribution in [0.15, 0.2) is 41.5 Å². The van der Waals surface area contributed by atoms with Crippen molar-refractivity contribution in [3.8, 4) is 0 Å². The number of rotatable bonds is 2. The minimum atomic E-state index is -0.624. The molecule has 2 aromatic rings. The number of amides is 1. The monoisotopic (exact) mass is 247 g/mol. The summed E-state index contributed by atoms with van der Waals surface area (Å²) in [6.45, 7) is 0. The van der Waals surface area contributed by atoms with E-state index in [-0.39, 0.29) is 11.1 Å². The van der Waals surface area contributed by atoms with E-state index in [9.17, 15) is 14.0 Å². The Bertz CT molecular complexity index is 635. The van der Waals surface area contributed by atoms with Crippen LogP contribution in [0.25, 0.3) is 0 Å². The maximum absolute atomic E-state index is 12.6. The van der Waals surface area contributed by atoms with E-state index in [1.807, 2.05) is 0 Å². The molecule has 0 aliphatic heterocycles. The summed E-state index contributed by atoms with van der Waals surface area (Å²) in [5, 5.41) is 2.52. The minimum Gasteiger partial charge on any atom is -0.321 e. The van der Waals surface area contributed by atoms with Crippen LogP contribution in [0, 0.1) is 5.95 Å². The summed E-state index contributed by atoms with van der Waals surface area (Å²) in [6.07, 6.45) is 2.70. The zero-order valence-corrected chi connectivity index (χ0v) is 9.55. The number of anilines is 1. The fourth-order valence-electron chi connectivity index (χ4n) is 1.34. The molecule has 2 rings (SSSR count). The van der Waals surface area contributed by atoms with E-state index in [1.54, 1.807) is 7.05 Å². The van der Waals surface area contributed by atoms with Gasteiger partial charge in [0.1, 0.15) is 0 Å². The fraction of sp³-hybridized carbons (Fsp3) is 0.0833. The molecule has 2 aromatic heterocycles. The number of nitrogens with one attached hydrogen (secondary N) is 1.